The van der Waals surface area contributed by atoms with Gasteiger partial charge in [0, 0.05) is 12.4 Å². The second-order valence-corrected chi connectivity index (χ2v) is 2.58. The SMILES string of the molecule is COC(=O)C(C)n1ccnc1C. The van der Waals surface area contributed by atoms with E-state index in [4.69, 9.17) is 0 Å². The number of hydrogen-bond acceptors (Lipinski definition) is 3. The molecule has 1 aromatic rings. The van der Waals surface area contributed by atoms with E-state index < -0.39 is 0 Å². The Morgan fingerprint density at radius 1 is 1.75 bits per heavy atom. The number of hydrogen-bond donors (Lipinski definition) is 0. The topological polar surface area (TPSA) is 44.1 Å². The third kappa shape index (κ3) is 1.47. The average Bonchev–Trinajstić information content (AvgIpc) is 2.48. The zero-order valence-electron chi connectivity index (χ0n) is 7.44. The molecule has 1 rings (SSSR count). The lowest BCUT2D eigenvalue weighted by Gasteiger charge is -2.11. The summed E-state index contributed by atoms with van der Waals surface area (Å²) in [5, 5.41) is 0. The van der Waals surface area contributed by atoms with Crippen LogP contribution in [0.1, 0.15) is 18.8 Å². The van der Waals surface area contributed by atoms with Crippen LogP contribution in [-0.4, -0.2) is 22.6 Å². The molecule has 0 saturated heterocycles. The Labute approximate surface area is 71.2 Å². The van der Waals surface area contributed by atoms with E-state index in [1.54, 1.807) is 23.9 Å². The summed E-state index contributed by atoms with van der Waals surface area (Å²) >= 11 is 0. The Bertz CT molecular complexity index is 280. The van der Waals surface area contributed by atoms with Gasteiger partial charge in [-0.05, 0) is 13.8 Å². The van der Waals surface area contributed by atoms with E-state index in [1.165, 1.54) is 7.11 Å². The fourth-order valence-corrected chi connectivity index (χ4v) is 1.08. The molecule has 0 bridgehead atoms. The van der Waals surface area contributed by atoms with Crippen LogP contribution in [-0.2, 0) is 9.53 Å². The number of aryl methyl sites for hydroxylation is 1. The van der Waals surface area contributed by atoms with Crippen molar-refractivity contribution in [3.63, 3.8) is 0 Å². The number of imidazole rings is 1. The second kappa shape index (κ2) is 3.38. The van der Waals surface area contributed by atoms with Crippen molar-refractivity contribution < 1.29 is 9.53 Å². The van der Waals surface area contributed by atoms with E-state index in [0.29, 0.717) is 0 Å². The van der Waals surface area contributed by atoms with Gasteiger partial charge in [0.1, 0.15) is 11.9 Å². The predicted octanol–water partition coefficient (Wildman–Crippen LogP) is 0.926. The molecule has 0 amide bonds. The van der Waals surface area contributed by atoms with Crippen molar-refractivity contribution in [1.29, 1.82) is 0 Å². The number of nitrogens with zero attached hydrogens (tertiary/aromatic N) is 2. The van der Waals surface area contributed by atoms with Gasteiger partial charge in [-0.15, -0.1) is 0 Å². The molecule has 0 aromatic carbocycles. The summed E-state index contributed by atoms with van der Waals surface area (Å²) in [6.45, 7) is 3.62. The van der Waals surface area contributed by atoms with E-state index in [-0.39, 0.29) is 12.0 Å². The molecule has 0 radical (unpaired) electrons. The lowest BCUT2D eigenvalue weighted by atomic mass is 10.3. The molecule has 0 fully saturated rings. The minimum atomic E-state index is -0.294. The first kappa shape index (κ1) is 8.77. The first-order valence-corrected chi connectivity index (χ1v) is 3.74. The average molecular weight is 168 g/mol. The summed E-state index contributed by atoms with van der Waals surface area (Å²) in [5.41, 5.74) is 0. The van der Waals surface area contributed by atoms with Crippen molar-refractivity contribution in [2.45, 2.75) is 19.9 Å². The van der Waals surface area contributed by atoms with E-state index in [2.05, 4.69) is 9.72 Å². The number of esters is 1. The van der Waals surface area contributed by atoms with Gasteiger partial charge >= 0.3 is 5.97 Å². The summed E-state index contributed by atoms with van der Waals surface area (Å²) in [7, 11) is 1.38. The Kier molecular flexibility index (Phi) is 2.47. The van der Waals surface area contributed by atoms with Crippen molar-refractivity contribution in [2.75, 3.05) is 7.11 Å². The van der Waals surface area contributed by atoms with E-state index in [9.17, 15) is 4.79 Å². The van der Waals surface area contributed by atoms with Gasteiger partial charge in [0.2, 0.25) is 0 Å². The Morgan fingerprint density at radius 2 is 2.42 bits per heavy atom. The largest absolute Gasteiger partial charge is 0.467 e. The summed E-state index contributed by atoms with van der Waals surface area (Å²) < 4.78 is 6.37. The van der Waals surface area contributed by atoms with Crippen LogP contribution in [0.3, 0.4) is 0 Å². The van der Waals surface area contributed by atoms with Gasteiger partial charge in [-0.3, -0.25) is 0 Å². The first-order chi connectivity index (χ1) is 5.66. The third-order valence-electron chi connectivity index (χ3n) is 1.82. The lowest BCUT2D eigenvalue weighted by Crippen LogP contribution is -2.18. The minimum Gasteiger partial charge on any atom is -0.467 e. The molecule has 66 valence electrons. The fraction of sp³-hybridized carbons (Fsp3) is 0.500. The van der Waals surface area contributed by atoms with E-state index in [0.717, 1.165) is 5.82 Å². The van der Waals surface area contributed by atoms with Crippen LogP contribution in [0.15, 0.2) is 12.4 Å². The van der Waals surface area contributed by atoms with Gasteiger partial charge in [-0.2, -0.15) is 0 Å². The summed E-state index contributed by atoms with van der Waals surface area (Å²) in [6, 6.07) is -0.294. The molecule has 4 heteroatoms. The van der Waals surface area contributed by atoms with E-state index in [1.807, 2.05) is 6.92 Å². The third-order valence-corrected chi connectivity index (χ3v) is 1.82. The van der Waals surface area contributed by atoms with Crippen LogP contribution >= 0.6 is 0 Å². The normalized spacial score (nSPS) is 12.6. The Balaban J connectivity index is 2.84. The van der Waals surface area contributed by atoms with Gasteiger partial charge in [-0.1, -0.05) is 0 Å². The van der Waals surface area contributed by atoms with Gasteiger partial charge in [0.05, 0.1) is 7.11 Å². The quantitative estimate of drug-likeness (QED) is 0.617. The maximum atomic E-state index is 11.1. The first-order valence-electron chi connectivity index (χ1n) is 3.74. The number of aromatic nitrogens is 2. The molecule has 0 N–H and O–H groups in total. The van der Waals surface area contributed by atoms with Crippen LogP contribution in [0.4, 0.5) is 0 Å². The van der Waals surface area contributed by atoms with Crippen LogP contribution < -0.4 is 0 Å². The standard InChI is InChI=1S/C8H12N2O2/c1-6(8(11)12-3)10-5-4-9-7(10)2/h4-6H,1-3H3. The number of rotatable bonds is 2. The summed E-state index contributed by atoms with van der Waals surface area (Å²) in [6.07, 6.45) is 3.42. The fourth-order valence-electron chi connectivity index (χ4n) is 1.08. The van der Waals surface area contributed by atoms with Crippen molar-refractivity contribution in [3.05, 3.63) is 18.2 Å². The Morgan fingerprint density at radius 3 is 2.83 bits per heavy atom. The maximum Gasteiger partial charge on any atom is 0.328 e. The maximum absolute atomic E-state index is 11.1. The molecular weight excluding hydrogens is 156 g/mol. The number of methoxy groups -OCH3 is 1. The van der Waals surface area contributed by atoms with Crippen molar-refractivity contribution in [2.24, 2.45) is 0 Å². The minimum absolute atomic E-state index is 0.254. The molecular formula is C8H12N2O2. The molecule has 1 unspecified atom stereocenters. The second-order valence-electron chi connectivity index (χ2n) is 2.58. The molecule has 0 aliphatic carbocycles. The van der Waals surface area contributed by atoms with Crippen LogP contribution in [0.5, 0.6) is 0 Å². The molecule has 0 spiro atoms. The highest BCUT2D eigenvalue weighted by Gasteiger charge is 2.15. The number of carbonyl (C=O) groups excluding carboxylic acids is 1. The van der Waals surface area contributed by atoms with Crippen molar-refractivity contribution in [3.8, 4) is 0 Å². The van der Waals surface area contributed by atoms with E-state index >= 15 is 0 Å². The molecule has 0 aliphatic rings. The van der Waals surface area contributed by atoms with Crippen molar-refractivity contribution >= 4 is 5.97 Å². The molecule has 0 saturated carbocycles. The summed E-state index contributed by atoms with van der Waals surface area (Å²) in [4.78, 5) is 15.1. The van der Waals surface area contributed by atoms with Gasteiger partial charge < -0.3 is 9.30 Å². The zero-order chi connectivity index (χ0) is 9.14. The molecule has 1 heterocycles. The van der Waals surface area contributed by atoms with Crippen LogP contribution in [0.2, 0.25) is 0 Å². The van der Waals surface area contributed by atoms with Gasteiger partial charge in [0.15, 0.2) is 0 Å². The monoisotopic (exact) mass is 168 g/mol. The summed E-state index contributed by atoms with van der Waals surface area (Å²) in [5.74, 6) is 0.559. The highest BCUT2D eigenvalue weighted by atomic mass is 16.5. The van der Waals surface area contributed by atoms with Crippen molar-refractivity contribution in [1.82, 2.24) is 9.55 Å². The number of carbonyl (C=O) groups is 1. The Hall–Kier alpha value is -1.32. The zero-order valence-corrected chi connectivity index (χ0v) is 7.44. The van der Waals surface area contributed by atoms with Gasteiger partial charge in [0.25, 0.3) is 0 Å². The molecule has 1 atom stereocenters. The van der Waals surface area contributed by atoms with Gasteiger partial charge in [-0.25, -0.2) is 9.78 Å². The highest BCUT2D eigenvalue weighted by molar-refractivity contribution is 5.73. The molecule has 4 nitrogen and oxygen atoms in total. The molecule has 12 heavy (non-hydrogen) atoms. The molecule has 1 aromatic heterocycles. The predicted molar refractivity (Wildman–Crippen MR) is 43.7 cm³/mol. The molecule has 0 aliphatic heterocycles. The lowest BCUT2D eigenvalue weighted by molar-refractivity contribution is -0.144. The highest BCUT2D eigenvalue weighted by Crippen LogP contribution is 2.09. The smallest absolute Gasteiger partial charge is 0.328 e. The van der Waals surface area contributed by atoms with Crippen LogP contribution in [0, 0.1) is 6.92 Å². The van der Waals surface area contributed by atoms with Crippen LogP contribution in [0.25, 0.3) is 0 Å². The number of ether oxygens (including phenoxy) is 1.